The summed E-state index contributed by atoms with van der Waals surface area (Å²) in [5, 5.41) is 15.1. The Hall–Kier alpha value is -2.17. The van der Waals surface area contributed by atoms with Gasteiger partial charge in [0.15, 0.2) is 5.78 Å². The second-order valence-electron chi connectivity index (χ2n) is 10.6. The zero-order valence-corrected chi connectivity index (χ0v) is 19.7. The van der Waals surface area contributed by atoms with E-state index in [-0.39, 0.29) is 18.0 Å². The van der Waals surface area contributed by atoms with Crippen molar-refractivity contribution in [2.45, 2.75) is 81.9 Å². The lowest BCUT2D eigenvalue weighted by Crippen LogP contribution is -2.58. The van der Waals surface area contributed by atoms with Gasteiger partial charge in [-0.2, -0.15) is 0 Å². The van der Waals surface area contributed by atoms with Gasteiger partial charge in [-0.3, -0.25) is 9.69 Å². The Balaban J connectivity index is 1.32. The van der Waals surface area contributed by atoms with Gasteiger partial charge in [0.05, 0.1) is 11.6 Å². The summed E-state index contributed by atoms with van der Waals surface area (Å²) in [5.41, 5.74) is 3.05. The van der Waals surface area contributed by atoms with Crippen molar-refractivity contribution in [3.8, 4) is 0 Å². The highest BCUT2D eigenvalue weighted by atomic mass is 16.3. The Kier molecular flexibility index (Phi) is 6.84. The van der Waals surface area contributed by atoms with Crippen molar-refractivity contribution in [3.05, 3.63) is 65.7 Å². The van der Waals surface area contributed by atoms with E-state index in [1.807, 2.05) is 18.2 Å². The minimum absolute atomic E-state index is 0.0947. The fourth-order valence-corrected chi connectivity index (χ4v) is 6.33. The van der Waals surface area contributed by atoms with Crippen molar-refractivity contribution in [1.29, 1.82) is 0 Å². The van der Waals surface area contributed by atoms with Crippen LogP contribution < -0.4 is 5.32 Å². The average Bonchev–Trinajstić information content (AvgIpc) is 2.86. The van der Waals surface area contributed by atoms with Crippen LogP contribution in [0, 0.1) is 5.92 Å². The number of hydrogen-bond acceptors (Lipinski definition) is 4. The largest absolute Gasteiger partial charge is 0.389 e. The van der Waals surface area contributed by atoms with E-state index in [9.17, 15) is 9.90 Å². The van der Waals surface area contributed by atoms with E-state index in [2.05, 4.69) is 46.6 Å². The molecule has 0 aromatic heterocycles. The second kappa shape index (κ2) is 9.99. The predicted octanol–water partition coefficient (Wildman–Crippen LogP) is 5.00. The minimum atomic E-state index is -0.678. The minimum Gasteiger partial charge on any atom is -0.389 e. The van der Waals surface area contributed by atoms with Gasteiger partial charge in [-0.25, -0.2) is 0 Å². The van der Waals surface area contributed by atoms with Crippen molar-refractivity contribution in [3.63, 3.8) is 0 Å². The molecule has 2 atom stereocenters. The number of hydrogen-bond donors (Lipinski definition) is 2. The van der Waals surface area contributed by atoms with Crippen LogP contribution in [0.5, 0.6) is 0 Å². The van der Waals surface area contributed by atoms with Gasteiger partial charge in [-0.1, -0.05) is 67.8 Å². The lowest BCUT2D eigenvalue weighted by atomic mass is 9.78. The van der Waals surface area contributed by atoms with Gasteiger partial charge in [0.1, 0.15) is 0 Å². The Morgan fingerprint density at radius 3 is 2.42 bits per heavy atom. The van der Waals surface area contributed by atoms with Gasteiger partial charge >= 0.3 is 0 Å². The third-order valence-electron chi connectivity index (χ3n) is 8.26. The number of likely N-dealkylation sites (tertiary alicyclic amines) is 1. The number of carbonyl (C=O) groups is 1. The molecular weight excluding hydrogens is 408 g/mol. The molecule has 4 nitrogen and oxygen atoms in total. The molecule has 2 aliphatic heterocycles. The summed E-state index contributed by atoms with van der Waals surface area (Å²) in [6.45, 7) is 1.57. The smallest absolute Gasteiger partial charge is 0.155 e. The molecule has 4 heteroatoms. The predicted molar refractivity (Wildman–Crippen MR) is 133 cm³/mol. The summed E-state index contributed by atoms with van der Waals surface area (Å²) in [4.78, 5) is 16.3. The summed E-state index contributed by atoms with van der Waals surface area (Å²) in [6.07, 6.45) is 9.87. The van der Waals surface area contributed by atoms with Gasteiger partial charge in [-0.05, 0) is 55.7 Å². The summed E-state index contributed by atoms with van der Waals surface area (Å²) < 4.78 is 0. The summed E-state index contributed by atoms with van der Waals surface area (Å²) in [5.74, 6) is 0.646. The number of aryl methyl sites for hydroxylation is 1. The fourth-order valence-electron chi connectivity index (χ4n) is 6.33. The van der Waals surface area contributed by atoms with Crippen LogP contribution in [-0.2, 0) is 17.6 Å². The van der Waals surface area contributed by atoms with Gasteiger partial charge in [-0.15, -0.1) is 0 Å². The summed E-state index contributed by atoms with van der Waals surface area (Å²) in [7, 11) is 0. The molecular formula is C29H38N2O2. The van der Waals surface area contributed by atoms with Crippen molar-refractivity contribution in [2.75, 3.05) is 18.4 Å². The van der Waals surface area contributed by atoms with Crippen molar-refractivity contribution < 1.29 is 9.90 Å². The molecule has 0 bridgehead atoms. The molecule has 0 radical (unpaired) electrons. The highest BCUT2D eigenvalue weighted by Crippen LogP contribution is 2.34. The number of aliphatic hydroxyl groups is 1. The van der Waals surface area contributed by atoms with Crippen molar-refractivity contribution in [1.82, 2.24) is 4.90 Å². The second-order valence-corrected chi connectivity index (χ2v) is 10.6. The SMILES string of the molecule is O=C(C1CCCCC1)C(C1CCc2ccccc2N1)N1CCC(O)(Cc2ccccc2)CC1. The maximum Gasteiger partial charge on any atom is 0.155 e. The molecule has 2 fully saturated rings. The Bertz CT molecular complexity index is 930. The number of benzene rings is 2. The van der Waals surface area contributed by atoms with E-state index in [4.69, 9.17) is 0 Å². The van der Waals surface area contributed by atoms with E-state index < -0.39 is 5.60 Å². The topological polar surface area (TPSA) is 52.6 Å². The molecule has 2 aromatic rings. The van der Waals surface area contributed by atoms with Crippen LogP contribution in [0.2, 0.25) is 0 Å². The number of nitrogens with zero attached hydrogens (tertiary/aromatic N) is 1. The zero-order chi connectivity index (χ0) is 22.7. The number of piperidine rings is 1. The van der Waals surface area contributed by atoms with E-state index in [0.29, 0.717) is 12.2 Å². The van der Waals surface area contributed by atoms with Gasteiger partial charge in [0.2, 0.25) is 0 Å². The highest BCUT2D eigenvalue weighted by molar-refractivity contribution is 5.88. The van der Waals surface area contributed by atoms with Gasteiger partial charge in [0.25, 0.3) is 0 Å². The lowest BCUT2D eigenvalue weighted by Gasteiger charge is -2.46. The number of fused-ring (bicyclic) bond motifs is 1. The number of anilines is 1. The van der Waals surface area contributed by atoms with Crippen LogP contribution in [0.3, 0.4) is 0 Å². The molecule has 33 heavy (non-hydrogen) atoms. The third-order valence-corrected chi connectivity index (χ3v) is 8.26. The third kappa shape index (κ3) is 5.17. The molecule has 0 spiro atoms. The summed E-state index contributed by atoms with van der Waals surface area (Å²) in [6, 6.07) is 18.9. The summed E-state index contributed by atoms with van der Waals surface area (Å²) >= 11 is 0. The van der Waals surface area contributed by atoms with E-state index >= 15 is 0 Å². The first-order chi connectivity index (χ1) is 16.1. The highest BCUT2D eigenvalue weighted by Gasteiger charge is 2.42. The average molecular weight is 447 g/mol. The number of rotatable bonds is 6. The Morgan fingerprint density at radius 2 is 1.67 bits per heavy atom. The van der Waals surface area contributed by atoms with E-state index in [1.165, 1.54) is 36.1 Å². The first-order valence-corrected chi connectivity index (χ1v) is 13.0. The number of Topliss-reactive ketones (excluding diaryl/α,β-unsaturated/α-hetero) is 1. The zero-order valence-electron chi connectivity index (χ0n) is 19.7. The Labute approximate surface area is 198 Å². The number of para-hydroxylation sites is 1. The number of ketones is 1. The molecule has 176 valence electrons. The van der Waals surface area contributed by atoms with E-state index in [0.717, 1.165) is 51.6 Å². The van der Waals surface area contributed by atoms with E-state index in [1.54, 1.807) is 0 Å². The monoisotopic (exact) mass is 446 g/mol. The number of carbonyl (C=O) groups excluding carboxylic acids is 1. The molecule has 0 amide bonds. The molecule has 2 unspecified atom stereocenters. The quantitative estimate of drug-likeness (QED) is 0.656. The lowest BCUT2D eigenvalue weighted by molar-refractivity contribution is -0.132. The number of nitrogens with one attached hydrogen (secondary N) is 1. The maximum atomic E-state index is 13.9. The standard InChI is InChI=1S/C29H38N2O2/c32-28(24-12-5-2-6-13-24)27(26-16-15-23-11-7-8-14-25(23)30-26)31-19-17-29(33,18-20-31)21-22-9-3-1-4-10-22/h1,3-4,7-11,14,24,26-27,30,33H,2,5-6,12-13,15-21H2. The van der Waals surface area contributed by atoms with Crippen LogP contribution in [0.15, 0.2) is 54.6 Å². The molecule has 2 aromatic carbocycles. The molecule has 5 rings (SSSR count). The molecule has 3 aliphatic rings. The first-order valence-electron chi connectivity index (χ1n) is 13.0. The normalized spacial score (nSPS) is 24.5. The van der Waals surface area contributed by atoms with Crippen molar-refractivity contribution in [2.24, 2.45) is 5.92 Å². The molecule has 1 aliphatic carbocycles. The first kappa shape index (κ1) is 22.6. The van der Waals surface area contributed by atoms with Crippen LogP contribution in [0.25, 0.3) is 0 Å². The van der Waals surface area contributed by atoms with Gasteiger partial charge < -0.3 is 10.4 Å². The fraction of sp³-hybridized carbons (Fsp3) is 0.552. The van der Waals surface area contributed by atoms with Crippen LogP contribution in [0.1, 0.15) is 62.5 Å². The maximum absolute atomic E-state index is 13.9. The Morgan fingerprint density at radius 1 is 0.970 bits per heavy atom. The van der Waals surface area contributed by atoms with Crippen LogP contribution >= 0.6 is 0 Å². The molecule has 1 saturated heterocycles. The van der Waals surface area contributed by atoms with Crippen LogP contribution in [0.4, 0.5) is 5.69 Å². The van der Waals surface area contributed by atoms with Crippen LogP contribution in [-0.4, -0.2) is 46.6 Å². The van der Waals surface area contributed by atoms with Gasteiger partial charge in [0, 0.05) is 37.2 Å². The van der Waals surface area contributed by atoms with Crippen molar-refractivity contribution >= 4 is 11.5 Å². The molecule has 1 saturated carbocycles. The molecule has 2 N–H and O–H groups in total. The molecule has 2 heterocycles.